The van der Waals surface area contributed by atoms with Crippen molar-refractivity contribution in [3.63, 3.8) is 0 Å². The molecule has 1 aromatic heterocycles. The van der Waals surface area contributed by atoms with Crippen molar-refractivity contribution >= 4 is 19.4 Å². The molecule has 0 aliphatic carbocycles. The zero-order valence-corrected chi connectivity index (χ0v) is 16.6. The van der Waals surface area contributed by atoms with Crippen LogP contribution in [0.2, 0.25) is 0 Å². The Balaban J connectivity index is 0.00000126. The number of carbonyl (C=O) groups is 1. The Morgan fingerprint density at radius 1 is 1.19 bits per heavy atom. The van der Waals surface area contributed by atoms with E-state index in [1.807, 2.05) is 46.8 Å². The highest BCUT2D eigenvalue weighted by Gasteiger charge is 2.35. The van der Waals surface area contributed by atoms with E-state index in [9.17, 15) is 9.90 Å². The Morgan fingerprint density at radius 2 is 1.85 bits per heavy atom. The number of amides is 1. The summed E-state index contributed by atoms with van der Waals surface area (Å²) in [6, 6.07) is 8.58. The topological polar surface area (TPSA) is 75.6 Å². The van der Waals surface area contributed by atoms with Crippen LogP contribution < -0.4 is 5.46 Å². The number of phenolic OH excluding ortho intramolecular Hbond substituents is 1. The molecular weight excluding hydrogens is 341 g/mol. The molecule has 0 unspecified atom stereocenters. The lowest BCUT2D eigenvalue weighted by Crippen LogP contribution is -2.50. The number of rotatable bonds is 2. The molecule has 3 rings (SSSR count). The van der Waals surface area contributed by atoms with Crippen molar-refractivity contribution in [2.24, 2.45) is 0 Å². The van der Waals surface area contributed by atoms with Crippen LogP contribution >= 0.6 is 0 Å². The van der Waals surface area contributed by atoms with Gasteiger partial charge in [0, 0.05) is 24.6 Å². The fraction of sp³-hybridized carbons (Fsp3) is 0.450. The van der Waals surface area contributed by atoms with E-state index in [-0.39, 0.29) is 17.8 Å². The summed E-state index contributed by atoms with van der Waals surface area (Å²) >= 11 is 0. The third kappa shape index (κ3) is 5.22. The minimum atomic E-state index is -0.495. The van der Waals surface area contributed by atoms with Crippen LogP contribution in [0, 0.1) is 0 Å². The van der Waals surface area contributed by atoms with Gasteiger partial charge in [-0.15, -0.1) is 0 Å². The Kier molecular flexibility index (Phi) is 6.47. The normalized spacial score (nSPS) is 14.0. The van der Waals surface area contributed by atoms with Gasteiger partial charge in [0.25, 0.3) is 0 Å². The molecule has 6 nitrogen and oxygen atoms in total. The number of ether oxygens (including phenoxy) is 1. The quantitative estimate of drug-likeness (QED) is 0.826. The summed E-state index contributed by atoms with van der Waals surface area (Å²) in [5, 5.41) is 18.4. The fourth-order valence-electron chi connectivity index (χ4n) is 2.61. The van der Waals surface area contributed by atoms with Crippen molar-refractivity contribution in [1.82, 2.24) is 15.1 Å². The zero-order chi connectivity index (χ0) is 20.2. The van der Waals surface area contributed by atoms with Crippen LogP contribution in [-0.2, 0) is 4.74 Å². The van der Waals surface area contributed by atoms with Gasteiger partial charge in [0.15, 0.2) is 0 Å². The first kappa shape index (κ1) is 20.7. The lowest BCUT2D eigenvalue weighted by molar-refractivity contribution is 0.00780. The molecular formula is C20H26BN3O3. The first-order valence-corrected chi connectivity index (χ1v) is 9.13. The Bertz CT molecular complexity index is 782. The van der Waals surface area contributed by atoms with E-state index in [1.54, 1.807) is 17.0 Å². The molecule has 0 atom stereocenters. The highest BCUT2D eigenvalue weighted by Crippen LogP contribution is 2.29. The molecule has 0 spiro atoms. The predicted octanol–water partition coefficient (Wildman–Crippen LogP) is 3.00. The third-order valence-electron chi connectivity index (χ3n) is 3.93. The van der Waals surface area contributed by atoms with E-state index in [0.29, 0.717) is 29.8 Å². The van der Waals surface area contributed by atoms with E-state index in [0.717, 1.165) is 5.69 Å². The number of nitrogens with zero attached hydrogens (tertiary/aromatic N) is 3. The van der Waals surface area contributed by atoms with Gasteiger partial charge >= 0.3 is 6.09 Å². The molecule has 2 radical (unpaired) electrons. The molecule has 1 aliphatic rings. The smallest absolute Gasteiger partial charge is 0.410 e. The SMILES string of the molecule is CC.[B]c1ccc(-c2ccc(C3CN(C(=O)OC(C)(C)C)C3)nn2)c(O)c1. The summed E-state index contributed by atoms with van der Waals surface area (Å²) in [5.74, 6) is 0.218. The van der Waals surface area contributed by atoms with Gasteiger partial charge in [-0.2, -0.15) is 10.2 Å². The number of aromatic hydroxyl groups is 1. The maximum atomic E-state index is 12.0. The average Bonchev–Trinajstić information content (AvgIpc) is 2.54. The number of hydrogen-bond donors (Lipinski definition) is 1. The second-order valence-corrected chi connectivity index (χ2v) is 7.20. The second-order valence-electron chi connectivity index (χ2n) is 7.20. The first-order valence-electron chi connectivity index (χ1n) is 9.13. The zero-order valence-electron chi connectivity index (χ0n) is 16.6. The van der Waals surface area contributed by atoms with E-state index < -0.39 is 5.60 Å². The van der Waals surface area contributed by atoms with E-state index in [2.05, 4.69) is 10.2 Å². The molecule has 1 saturated heterocycles. The highest BCUT2D eigenvalue weighted by molar-refractivity contribution is 6.32. The molecule has 1 N–H and O–H groups in total. The monoisotopic (exact) mass is 367 g/mol. The maximum absolute atomic E-state index is 12.0. The lowest BCUT2D eigenvalue weighted by Gasteiger charge is -2.39. The van der Waals surface area contributed by atoms with E-state index in [4.69, 9.17) is 12.6 Å². The maximum Gasteiger partial charge on any atom is 0.410 e. The summed E-state index contributed by atoms with van der Waals surface area (Å²) in [6.45, 7) is 10.7. The Morgan fingerprint density at radius 3 is 2.37 bits per heavy atom. The average molecular weight is 367 g/mol. The van der Waals surface area contributed by atoms with Gasteiger partial charge in [0.2, 0.25) is 0 Å². The van der Waals surface area contributed by atoms with Crippen LogP contribution in [0.15, 0.2) is 30.3 Å². The van der Waals surface area contributed by atoms with Gasteiger partial charge in [-0.3, -0.25) is 0 Å². The van der Waals surface area contributed by atoms with Crippen LogP contribution in [0.25, 0.3) is 11.3 Å². The Hall–Kier alpha value is -2.57. The van der Waals surface area contributed by atoms with Crippen LogP contribution in [0.3, 0.4) is 0 Å². The number of benzene rings is 1. The van der Waals surface area contributed by atoms with Gasteiger partial charge in [-0.05, 0) is 45.0 Å². The molecule has 7 heteroatoms. The minimum absolute atomic E-state index is 0.0711. The largest absolute Gasteiger partial charge is 0.507 e. The molecule has 27 heavy (non-hydrogen) atoms. The summed E-state index contributed by atoms with van der Waals surface area (Å²) in [4.78, 5) is 13.6. The van der Waals surface area contributed by atoms with Crippen molar-refractivity contribution in [3.8, 4) is 17.0 Å². The van der Waals surface area contributed by atoms with Gasteiger partial charge in [-0.1, -0.05) is 25.4 Å². The number of phenols is 1. The lowest BCUT2D eigenvalue weighted by atomic mass is 9.93. The van der Waals surface area contributed by atoms with Crippen LogP contribution in [0.1, 0.15) is 46.2 Å². The van der Waals surface area contributed by atoms with Crippen molar-refractivity contribution in [2.75, 3.05) is 13.1 Å². The minimum Gasteiger partial charge on any atom is -0.507 e. The third-order valence-corrected chi connectivity index (χ3v) is 3.93. The molecule has 2 heterocycles. The molecule has 0 saturated carbocycles. The van der Waals surface area contributed by atoms with Gasteiger partial charge in [0.1, 0.15) is 19.2 Å². The summed E-state index contributed by atoms with van der Waals surface area (Å²) in [6.07, 6.45) is -0.305. The predicted molar refractivity (Wildman–Crippen MR) is 106 cm³/mol. The number of carbonyl (C=O) groups excluding carboxylic acids is 1. The molecule has 1 aliphatic heterocycles. The van der Waals surface area contributed by atoms with Crippen molar-refractivity contribution in [2.45, 2.75) is 46.1 Å². The first-order chi connectivity index (χ1) is 12.7. The highest BCUT2D eigenvalue weighted by atomic mass is 16.6. The Labute approximate surface area is 162 Å². The second kappa shape index (κ2) is 8.42. The van der Waals surface area contributed by atoms with Crippen LogP contribution in [0.5, 0.6) is 5.75 Å². The molecule has 0 bridgehead atoms. The van der Waals surface area contributed by atoms with Gasteiger partial charge in [-0.25, -0.2) is 4.79 Å². The molecule has 1 aromatic carbocycles. The number of hydrogen-bond acceptors (Lipinski definition) is 5. The van der Waals surface area contributed by atoms with Crippen molar-refractivity contribution in [1.29, 1.82) is 0 Å². The number of aromatic nitrogens is 2. The van der Waals surface area contributed by atoms with Gasteiger partial charge in [0.05, 0.1) is 11.4 Å². The van der Waals surface area contributed by atoms with Gasteiger partial charge < -0.3 is 14.7 Å². The van der Waals surface area contributed by atoms with E-state index in [1.165, 1.54) is 6.07 Å². The van der Waals surface area contributed by atoms with Crippen LogP contribution in [-0.4, -0.2) is 52.8 Å². The fourth-order valence-corrected chi connectivity index (χ4v) is 2.61. The molecule has 2 aromatic rings. The molecule has 1 amide bonds. The standard InChI is InChI=1S/C18H20BN3O3.C2H6/c1-18(2,3)25-17(24)22-9-11(10-22)14-6-7-15(21-20-14)13-5-4-12(19)8-16(13)23;1-2/h4-8,11,23H,9-10H2,1-3H3;1-2H3. The number of likely N-dealkylation sites (tertiary alicyclic amines) is 1. The van der Waals surface area contributed by atoms with E-state index >= 15 is 0 Å². The summed E-state index contributed by atoms with van der Waals surface area (Å²) < 4.78 is 5.34. The van der Waals surface area contributed by atoms with Crippen molar-refractivity contribution < 1.29 is 14.6 Å². The van der Waals surface area contributed by atoms with Crippen molar-refractivity contribution in [3.05, 3.63) is 36.0 Å². The molecule has 142 valence electrons. The molecule has 1 fully saturated rings. The summed E-state index contributed by atoms with van der Waals surface area (Å²) in [5.41, 5.74) is 1.97. The summed E-state index contributed by atoms with van der Waals surface area (Å²) in [7, 11) is 5.63. The van der Waals surface area contributed by atoms with Crippen LogP contribution in [0.4, 0.5) is 4.79 Å².